The van der Waals surface area contributed by atoms with E-state index in [1.165, 1.54) is 18.2 Å². The van der Waals surface area contributed by atoms with E-state index in [9.17, 15) is 8.42 Å². The van der Waals surface area contributed by atoms with Gasteiger partial charge in [-0.15, -0.1) is 5.10 Å². The standard InChI is InChI=1S/C21H21Cl2N5O3S/c1-4-28-20(13(3)27-32(29,30)16-6-7-17(22)18(23)11-16)25-26-21(28)31-15-5-8-19-14(10-15)9-12(2)24-19/h5-11,13,24,27H,4H2,1-3H3/t13-/m1/s1. The maximum atomic E-state index is 12.8. The van der Waals surface area contributed by atoms with Gasteiger partial charge in [0, 0.05) is 23.1 Å². The summed E-state index contributed by atoms with van der Waals surface area (Å²) in [4.78, 5) is 3.27. The maximum Gasteiger partial charge on any atom is 0.322 e. The van der Waals surface area contributed by atoms with Gasteiger partial charge >= 0.3 is 6.01 Å². The summed E-state index contributed by atoms with van der Waals surface area (Å²) in [5.41, 5.74) is 2.07. The number of H-pyrrole nitrogens is 1. The highest BCUT2D eigenvalue weighted by Crippen LogP contribution is 2.28. The molecule has 4 rings (SSSR count). The molecule has 0 amide bonds. The molecule has 0 unspecified atom stereocenters. The number of aryl methyl sites for hydroxylation is 1. The van der Waals surface area contributed by atoms with Crippen LogP contribution in [-0.4, -0.2) is 28.2 Å². The molecule has 2 aromatic carbocycles. The van der Waals surface area contributed by atoms with Gasteiger partial charge in [-0.1, -0.05) is 28.3 Å². The van der Waals surface area contributed by atoms with Gasteiger partial charge in [0.1, 0.15) is 5.75 Å². The number of rotatable bonds is 7. The predicted octanol–water partition coefficient (Wildman–Crippen LogP) is 5.23. The van der Waals surface area contributed by atoms with Crippen LogP contribution < -0.4 is 9.46 Å². The lowest BCUT2D eigenvalue weighted by molar-refractivity contribution is 0.408. The second-order valence-corrected chi connectivity index (χ2v) is 9.84. The Morgan fingerprint density at radius 2 is 1.91 bits per heavy atom. The van der Waals surface area contributed by atoms with Gasteiger partial charge < -0.3 is 9.72 Å². The number of benzene rings is 2. The molecular weight excluding hydrogens is 473 g/mol. The van der Waals surface area contributed by atoms with Crippen molar-refractivity contribution >= 4 is 44.1 Å². The first kappa shape index (κ1) is 22.6. The Labute approximate surface area is 195 Å². The quantitative estimate of drug-likeness (QED) is 0.367. The Kier molecular flexibility index (Phi) is 6.17. The number of hydrogen-bond acceptors (Lipinski definition) is 5. The fourth-order valence-corrected chi connectivity index (χ4v) is 5.01. The molecule has 1 atom stereocenters. The molecule has 0 aliphatic heterocycles. The van der Waals surface area contributed by atoms with Crippen molar-refractivity contribution < 1.29 is 13.2 Å². The molecule has 8 nitrogen and oxygen atoms in total. The molecule has 0 fully saturated rings. The third-order valence-corrected chi connectivity index (χ3v) is 7.20. The van der Waals surface area contributed by atoms with Gasteiger partial charge in [-0.3, -0.25) is 4.57 Å². The zero-order valence-electron chi connectivity index (χ0n) is 17.6. The van der Waals surface area contributed by atoms with Crippen molar-refractivity contribution in [2.75, 3.05) is 0 Å². The van der Waals surface area contributed by atoms with Crippen molar-refractivity contribution in [2.24, 2.45) is 0 Å². The summed E-state index contributed by atoms with van der Waals surface area (Å²) in [5, 5.41) is 9.75. The minimum absolute atomic E-state index is 0.00730. The number of nitrogens with one attached hydrogen (secondary N) is 2. The summed E-state index contributed by atoms with van der Waals surface area (Å²) in [6, 6.07) is 11.4. The zero-order chi connectivity index (χ0) is 23.0. The summed E-state index contributed by atoms with van der Waals surface area (Å²) < 4.78 is 35.9. The highest BCUT2D eigenvalue weighted by Gasteiger charge is 2.24. The minimum atomic E-state index is -3.86. The zero-order valence-corrected chi connectivity index (χ0v) is 19.9. The van der Waals surface area contributed by atoms with Crippen molar-refractivity contribution in [1.29, 1.82) is 0 Å². The van der Waals surface area contributed by atoms with E-state index in [1.54, 1.807) is 11.5 Å². The van der Waals surface area contributed by atoms with Crippen LogP contribution in [0, 0.1) is 6.92 Å². The predicted molar refractivity (Wildman–Crippen MR) is 124 cm³/mol. The van der Waals surface area contributed by atoms with Gasteiger partial charge in [-0.05, 0) is 63.2 Å². The van der Waals surface area contributed by atoms with E-state index in [2.05, 4.69) is 19.9 Å². The van der Waals surface area contributed by atoms with E-state index in [-0.39, 0.29) is 21.0 Å². The van der Waals surface area contributed by atoms with Crippen LogP contribution >= 0.6 is 23.2 Å². The van der Waals surface area contributed by atoms with Crippen LogP contribution in [0.2, 0.25) is 10.0 Å². The second kappa shape index (κ2) is 8.74. The molecule has 11 heteroatoms. The highest BCUT2D eigenvalue weighted by molar-refractivity contribution is 7.89. The molecule has 0 spiro atoms. The largest absolute Gasteiger partial charge is 0.424 e. The van der Waals surface area contributed by atoms with Gasteiger partial charge in [-0.2, -0.15) is 0 Å². The third-order valence-electron chi connectivity index (χ3n) is 4.92. The molecule has 0 aliphatic carbocycles. The Morgan fingerprint density at radius 1 is 1.12 bits per heavy atom. The molecule has 4 aromatic rings. The molecule has 168 valence electrons. The van der Waals surface area contributed by atoms with Crippen molar-refractivity contribution in [1.82, 2.24) is 24.5 Å². The first-order valence-corrected chi connectivity index (χ1v) is 12.1. The van der Waals surface area contributed by atoms with Crippen molar-refractivity contribution in [3.8, 4) is 11.8 Å². The normalized spacial score (nSPS) is 12.9. The van der Waals surface area contributed by atoms with Crippen LogP contribution in [0.15, 0.2) is 47.4 Å². The first-order valence-electron chi connectivity index (χ1n) is 9.85. The summed E-state index contributed by atoms with van der Waals surface area (Å²) in [5.74, 6) is 1.03. The van der Waals surface area contributed by atoms with Gasteiger partial charge in [0.25, 0.3) is 0 Å². The van der Waals surface area contributed by atoms with Crippen LogP contribution in [0.3, 0.4) is 0 Å². The number of aromatic amines is 1. The Bertz CT molecular complexity index is 1400. The van der Waals surface area contributed by atoms with E-state index in [4.69, 9.17) is 27.9 Å². The molecule has 0 radical (unpaired) electrons. The Morgan fingerprint density at radius 3 is 2.62 bits per heavy atom. The topological polar surface area (TPSA) is 102 Å². The molecule has 32 heavy (non-hydrogen) atoms. The fourth-order valence-electron chi connectivity index (χ4n) is 3.42. The molecular formula is C21H21Cl2N5O3S. The van der Waals surface area contributed by atoms with Crippen LogP contribution in [0.1, 0.15) is 31.4 Å². The number of halogens is 2. The molecule has 2 heterocycles. The van der Waals surface area contributed by atoms with E-state index in [1.807, 2.05) is 38.1 Å². The van der Waals surface area contributed by atoms with E-state index >= 15 is 0 Å². The summed E-state index contributed by atoms with van der Waals surface area (Å²) in [6.45, 7) is 6.06. The summed E-state index contributed by atoms with van der Waals surface area (Å²) in [7, 11) is -3.86. The number of sulfonamides is 1. The van der Waals surface area contributed by atoms with Crippen LogP contribution in [0.25, 0.3) is 10.9 Å². The minimum Gasteiger partial charge on any atom is -0.424 e. The summed E-state index contributed by atoms with van der Waals surface area (Å²) >= 11 is 11.9. The third kappa shape index (κ3) is 4.47. The number of ether oxygens (including phenoxy) is 1. The van der Waals surface area contributed by atoms with Crippen molar-refractivity contribution in [2.45, 2.75) is 38.3 Å². The monoisotopic (exact) mass is 493 g/mol. The molecule has 0 aliphatic rings. The molecule has 0 saturated heterocycles. The van der Waals surface area contributed by atoms with E-state index in [0.29, 0.717) is 18.1 Å². The lowest BCUT2D eigenvalue weighted by Crippen LogP contribution is -2.29. The van der Waals surface area contributed by atoms with E-state index in [0.717, 1.165) is 16.6 Å². The smallest absolute Gasteiger partial charge is 0.322 e. The second-order valence-electron chi connectivity index (χ2n) is 7.31. The first-order chi connectivity index (χ1) is 15.2. The lowest BCUT2D eigenvalue weighted by atomic mass is 10.2. The number of hydrogen-bond donors (Lipinski definition) is 2. The van der Waals surface area contributed by atoms with Gasteiger partial charge in [0.15, 0.2) is 5.82 Å². The number of fused-ring (bicyclic) bond motifs is 1. The van der Waals surface area contributed by atoms with Crippen LogP contribution in [0.4, 0.5) is 0 Å². The maximum absolute atomic E-state index is 12.8. The molecule has 0 bridgehead atoms. The number of aromatic nitrogens is 4. The average molecular weight is 494 g/mol. The fraction of sp³-hybridized carbons (Fsp3) is 0.238. The van der Waals surface area contributed by atoms with E-state index < -0.39 is 16.1 Å². The van der Waals surface area contributed by atoms with Gasteiger partial charge in [0.05, 0.1) is 21.0 Å². The van der Waals surface area contributed by atoms with Crippen LogP contribution in [0.5, 0.6) is 11.8 Å². The van der Waals surface area contributed by atoms with Crippen molar-refractivity contribution in [3.05, 3.63) is 64.0 Å². The Balaban J connectivity index is 1.57. The average Bonchev–Trinajstić information content (AvgIpc) is 3.31. The Hall–Kier alpha value is -2.59. The van der Waals surface area contributed by atoms with Gasteiger partial charge in [-0.25, -0.2) is 13.1 Å². The number of nitrogens with zero attached hydrogens (tertiary/aromatic N) is 3. The molecule has 2 aromatic heterocycles. The molecule has 2 N–H and O–H groups in total. The lowest BCUT2D eigenvalue weighted by Gasteiger charge is -2.15. The SMILES string of the molecule is CCn1c(Oc2ccc3[nH]c(C)cc3c2)nnc1[C@@H](C)NS(=O)(=O)c1ccc(Cl)c(Cl)c1. The highest BCUT2D eigenvalue weighted by atomic mass is 35.5. The molecule has 0 saturated carbocycles. The van der Waals surface area contributed by atoms with Crippen LogP contribution in [-0.2, 0) is 16.6 Å². The van der Waals surface area contributed by atoms with Gasteiger partial charge in [0.2, 0.25) is 10.0 Å². The summed E-state index contributed by atoms with van der Waals surface area (Å²) in [6.07, 6.45) is 0. The van der Waals surface area contributed by atoms with Crippen molar-refractivity contribution in [3.63, 3.8) is 0 Å².